The molecule has 0 radical (unpaired) electrons. The van der Waals surface area contributed by atoms with Crippen LogP contribution in [0.5, 0.6) is 0 Å². The van der Waals surface area contributed by atoms with Crippen molar-refractivity contribution in [2.24, 2.45) is 0 Å². The van der Waals surface area contributed by atoms with Crippen LogP contribution in [0.4, 0.5) is 4.39 Å². The number of amides is 1. The first-order valence-corrected chi connectivity index (χ1v) is 9.57. The monoisotopic (exact) mass is 377 g/mol. The highest BCUT2D eigenvalue weighted by Crippen LogP contribution is 2.36. The molecule has 2 heterocycles. The van der Waals surface area contributed by atoms with E-state index in [1.165, 1.54) is 12.1 Å². The third-order valence-corrected chi connectivity index (χ3v) is 6.08. The summed E-state index contributed by atoms with van der Waals surface area (Å²) in [5, 5.41) is 0. The lowest BCUT2D eigenvalue weighted by molar-refractivity contribution is -0.132. The molecule has 0 spiro atoms. The molecule has 0 aromatic heterocycles. The van der Waals surface area contributed by atoms with Gasteiger partial charge < -0.3 is 18.9 Å². The van der Waals surface area contributed by atoms with E-state index in [9.17, 15) is 9.18 Å². The van der Waals surface area contributed by atoms with E-state index in [-0.39, 0.29) is 24.2 Å². The molecule has 0 atom stereocenters. The topological polar surface area (TPSA) is 48.0 Å². The molecule has 1 amide bonds. The maximum absolute atomic E-state index is 13.9. The number of carbonyl (C=O) groups is 1. The van der Waals surface area contributed by atoms with Gasteiger partial charge in [-0.25, -0.2) is 4.39 Å². The average Bonchev–Trinajstić information content (AvgIpc) is 2.82. The number of nitrogens with zero attached hydrogens (tertiary/aromatic N) is 1. The maximum atomic E-state index is 13.9. The summed E-state index contributed by atoms with van der Waals surface area (Å²) in [5.74, 6) is -0.371. The molecule has 0 bridgehead atoms. The van der Waals surface area contributed by atoms with Crippen molar-refractivity contribution in [1.82, 2.24) is 4.90 Å². The van der Waals surface area contributed by atoms with Gasteiger partial charge in [-0.15, -0.1) is 0 Å². The van der Waals surface area contributed by atoms with E-state index in [0.29, 0.717) is 18.7 Å². The molecule has 5 nitrogen and oxygen atoms in total. The van der Waals surface area contributed by atoms with E-state index in [1.54, 1.807) is 13.2 Å². The molecule has 2 saturated heterocycles. The quantitative estimate of drug-likeness (QED) is 0.756. The molecule has 27 heavy (non-hydrogen) atoms. The largest absolute Gasteiger partial charge is 0.495 e. The summed E-state index contributed by atoms with van der Waals surface area (Å²) >= 11 is 0. The Morgan fingerprint density at radius 1 is 1.22 bits per heavy atom. The minimum absolute atomic E-state index is 0.00656. The highest BCUT2D eigenvalue weighted by atomic mass is 19.1. The summed E-state index contributed by atoms with van der Waals surface area (Å²) in [6.45, 7) is 9.22. The van der Waals surface area contributed by atoms with Gasteiger partial charge in [0.1, 0.15) is 5.82 Å². The number of ether oxygens (including phenoxy) is 1. The maximum Gasteiger partial charge on any atom is 0.495 e. The van der Waals surface area contributed by atoms with Crippen molar-refractivity contribution in [2.75, 3.05) is 20.2 Å². The summed E-state index contributed by atoms with van der Waals surface area (Å²) in [5.41, 5.74) is 0.354. The highest BCUT2D eigenvalue weighted by Gasteiger charge is 2.52. The second kappa shape index (κ2) is 7.53. The molecule has 0 aliphatic carbocycles. The fourth-order valence-corrected chi connectivity index (χ4v) is 3.54. The third kappa shape index (κ3) is 4.20. The van der Waals surface area contributed by atoms with Gasteiger partial charge in [0.2, 0.25) is 5.91 Å². The summed E-state index contributed by atoms with van der Waals surface area (Å²) in [6, 6.07) is 4.47. The summed E-state index contributed by atoms with van der Waals surface area (Å²) in [4.78, 5) is 14.6. The highest BCUT2D eigenvalue weighted by molar-refractivity contribution is 6.62. The van der Waals surface area contributed by atoms with E-state index >= 15 is 0 Å². The number of rotatable bonds is 4. The van der Waals surface area contributed by atoms with Crippen LogP contribution in [-0.2, 0) is 25.3 Å². The molecule has 2 aliphatic rings. The molecule has 0 unspecified atom stereocenters. The molecule has 148 valence electrons. The minimum atomic E-state index is -0.613. The number of hydrogen-bond donors (Lipinski definition) is 0. The van der Waals surface area contributed by atoms with Crippen molar-refractivity contribution in [3.63, 3.8) is 0 Å². The number of piperidine rings is 1. The fourth-order valence-electron chi connectivity index (χ4n) is 3.54. The van der Waals surface area contributed by atoms with Crippen LogP contribution in [0.15, 0.2) is 18.2 Å². The molecule has 2 fully saturated rings. The number of methoxy groups -OCH3 is 1. The summed E-state index contributed by atoms with van der Waals surface area (Å²) in [7, 11) is 1.09. The first-order chi connectivity index (χ1) is 12.6. The summed E-state index contributed by atoms with van der Waals surface area (Å²) < 4.78 is 31.5. The Labute approximate surface area is 161 Å². The lowest BCUT2D eigenvalue weighted by Gasteiger charge is -2.32. The van der Waals surface area contributed by atoms with E-state index < -0.39 is 18.3 Å². The molecule has 2 aliphatic heterocycles. The molecule has 1 aromatic carbocycles. The minimum Gasteiger partial charge on any atom is -0.399 e. The zero-order valence-corrected chi connectivity index (χ0v) is 16.9. The Balaban J connectivity index is 1.76. The zero-order valence-electron chi connectivity index (χ0n) is 16.9. The van der Waals surface area contributed by atoms with Crippen molar-refractivity contribution >= 4 is 18.5 Å². The molecule has 1 aromatic rings. The van der Waals surface area contributed by atoms with Crippen molar-refractivity contribution in [2.45, 2.75) is 64.3 Å². The molecule has 0 saturated carbocycles. The Hall–Kier alpha value is -1.44. The number of carbonyl (C=O) groups excluding carboxylic acids is 1. The fraction of sp³-hybridized carbons (Fsp3) is 0.650. The van der Waals surface area contributed by atoms with E-state index in [4.69, 9.17) is 14.0 Å². The standard InChI is InChI=1S/C20H29BFNO4/c1-19(2)20(3,4)27-21(26-19)17-7-6-15(22)12-14(17)13-18(24)23-10-8-16(25-5)9-11-23/h6-7,12,16H,8-11,13H2,1-5H3. The molecule has 0 N–H and O–H groups in total. The third-order valence-electron chi connectivity index (χ3n) is 6.08. The number of hydrogen-bond acceptors (Lipinski definition) is 4. The van der Waals surface area contributed by atoms with Crippen LogP contribution in [0.3, 0.4) is 0 Å². The molecular formula is C20H29BFNO4. The van der Waals surface area contributed by atoms with Crippen LogP contribution in [0, 0.1) is 5.82 Å². The van der Waals surface area contributed by atoms with Crippen LogP contribution in [0.1, 0.15) is 46.1 Å². The van der Waals surface area contributed by atoms with Crippen LogP contribution in [0.25, 0.3) is 0 Å². The SMILES string of the molecule is COC1CCN(C(=O)Cc2cc(F)ccc2B2OC(C)(C)C(C)(C)O2)CC1. The van der Waals surface area contributed by atoms with Crippen LogP contribution in [-0.4, -0.2) is 55.4 Å². The molecular weight excluding hydrogens is 348 g/mol. The molecule has 3 rings (SSSR count). The Morgan fingerprint density at radius 2 is 1.81 bits per heavy atom. The predicted octanol–water partition coefficient (Wildman–Crippen LogP) is 2.30. The van der Waals surface area contributed by atoms with Crippen LogP contribution < -0.4 is 5.46 Å². The van der Waals surface area contributed by atoms with Crippen molar-refractivity contribution in [1.29, 1.82) is 0 Å². The smallest absolute Gasteiger partial charge is 0.399 e. The predicted molar refractivity (Wildman–Crippen MR) is 102 cm³/mol. The van der Waals surface area contributed by atoms with Gasteiger partial charge >= 0.3 is 7.12 Å². The average molecular weight is 377 g/mol. The zero-order chi connectivity index (χ0) is 19.8. The first kappa shape index (κ1) is 20.3. The lowest BCUT2D eigenvalue weighted by atomic mass is 9.75. The van der Waals surface area contributed by atoms with Crippen molar-refractivity contribution in [3.8, 4) is 0 Å². The van der Waals surface area contributed by atoms with E-state index in [2.05, 4.69) is 0 Å². The van der Waals surface area contributed by atoms with Gasteiger partial charge in [-0.2, -0.15) is 0 Å². The lowest BCUT2D eigenvalue weighted by Crippen LogP contribution is -2.43. The second-order valence-corrected chi connectivity index (χ2v) is 8.42. The van der Waals surface area contributed by atoms with Gasteiger partial charge in [-0.1, -0.05) is 6.07 Å². The van der Waals surface area contributed by atoms with Crippen LogP contribution in [0.2, 0.25) is 0 Å². The van der Waals surface area contributed by atoms with Gasteiger partial charge in [0.05, 0.1) is 23.7 Å². The van der Waals surface area contributed by atoms with Gasteiger partial charge in [0.25, 0.3) is 0 Å². The molecule has 7 heteroatoms. The normalized spacial score (nSPS) is 22.3. The van der Waals surface area contributed by atoms with E-state index in [0.717, 1.165) is 18.3 Å². The van der Waals surface area contributed by atoms with Crippen molar-refractivity contribution in [3.05, 3.63) is 29.6 Å². The number of likely N-dealkylation sites (tertiary alicyclic amines) is 1. The van der Waals surface area contributed by atoms with Gasteiger partial charge in [0, 0.05) is 20.2 Å². The second-order valence-electron chi connectivity index (χ2n) is 8.42. The Bertz CT molecular complexity index is 685. The van der Waals surface area contributed by atoms with E-state index in [1.807, 2.05) is 32.6 Å². The Kier molecular flexibility index (Phi) is 5.66. The first-order valence-electron chi connectivity index (χ1n) is 9.57. The summed E-state index contributed by atoms with van der Waals surface area (Å²) in [6.07, 6.45) is 2.00. The van der Waals surface area contributed by atoms with Crippen molar-refractivity contribution < 1.29 is 23.2 Å². The number of halogens is 1. The van der Waals surface area contributed by atoms with Gasteiger partial charge in [-0.3, -0.25) is 4.79 Å². The van der Waals surface area contributed by atoms with Gasteiger partial charge in [0.15, 0.2) is 0 Å². The Morgan fingerprint density at radius 3 is 2.37 bits per heavy atom. The number of benzene rings is 1. The van der Waals surface area contributed by atoms with Gasteiger partial charge in [-0.05, 0) is 63.7 Å². The van der Waals surface area contributed by atoms with Crippen LogP contribution >= 0.6 is 0 Å².